The Kier molecular flexibility index (Phi) is 15.8. The monoisotopic (exact) mass is 752 g/mol. The fraction of sp³-hybridized carbons (Fsp3) is 0.667. The van der Waals surface area contributed by atoms with Crippen LogP contribution in [-0.4, -0.2) is 51.8 Å². The van der Waals surface area contributed by atoms with Crippen LogP contribution in [0.3, 0.4) is 0 Å². The summed E-state index contributed by atoms with van der Waals surface area (Å²) in [7, 11) is -2.63. The van der Waals surface area contributed by atoms with Gasteiger partial charge in [-0.1, -0.05) is 39.0 Å². The van der Waals surface area contributed by atoms with Crippen LogP contribution in [0.25, 0.3) is 0 Å². The second kappa shape index (κ2) is 15.2. The minimum absolute atomic E-state index is 0. The van der Waals surface area contributed by atoms with Gasteiger partial charge in [-0.3, -0.25) is 12.2 Å². The summed E-state index contributed by atoms with van der Waals surface area (Å²) < 4.78 is 5.49. The Morgan fingerprint density at radius 1 is 0.613 bits per heavy atom. The molecule has 0 bridgehead atoms. The van der Waals surface area contributed by atoms with Crippen molar-refractivity contribution in [3.63, 3.8) is 0 Å². The molecule has 0 unspecified atom stereocenters. The molecule has 2 fully saturated rings. The second-order valence-electron chi connectivity index (χ2n) is 9.61. The van der Waals surface area contributed by atoms with E-state index in [1.165, 1.54) is 75.1 Å². The molecule has 2 heterocycles. The largest absolute Gasteiger partial charge is 0.322 e. The van der Waals surface area contributed by atoms with Crippen molar-refractivity contribution >= 4 is 50.4 Å². The van der Waals surface area contributed by atoms with E-state index in [2.05, 4.69) is 71.8 Å². The van der Waals surface area contributed by atoms with Gasteiger partial charge in [0, 0.05) is 25.8 Å². The van der Waals surface area contributed by atoms with Crippen LogP contribution in [-0.2, 0) is 25.8 Å². The molecule has 0 aromatic rings. The summed E-state index contributed by atoms with van der Waals surface area (Å²) in [4.78, 5) is 0. The van der Waals surface area contributed by atoms with Crippen LogP contribution in [0.4, 0.5) is 0 Å². The number of hydrogen-bond acceptors (Lipinski definition) is 2. The second-order valence-corrected chi connectivity index (χ2v) is 18.2. The molecule has 0 amide bonds. The van der Waals surface area contributed by atoms with Gasteiger partial charge in [0.25, 0.3) is 0 Å². The number of nitrogens with zero attached hydrogens (tertiary/aromatic N) is 2. The van der Waals surface area contributed by atoms with E-state index < -0.39 is 16.5 Å². The van der Waals surface area contributed by atoms with E-state index in [4.69, 9.17) is 0 Å². The predicted molar refractivity (Wildman–Crippen MR) is 147 cm³/mol. The van der Waals surface area contributed by atoms with E-state index >= 15 is 0 Å². The van der Waals surface area contributed by atoms with E-state index in [-0.39, 0.29) is 59.8 Å². The summed E-state index contributed by atoms with van der Waals surface area (Å²) in [6.07, 6.45) is 26.7. The molecular formula is C24H42Br2HfN2Si2-2. The van der Waals surface area contributed by atoms with Gasteiger partial charge in [-0.05, 0) is 51.9 Å². The first kappa shape index (κ1) is 32.1. The summed E-state index contributed by atoms with van der Waals surface area (Å²) >= 11 is 0. The van der Waals surface area contributed by atoms with Crippen molar-refractivity contribution in [3.05, 3.63) is 46.8 Å². The molecule has 0 radical (unpaired) electrons. The van der Waals surface area contributed by atoms with Gasteiger partial charge in [-0.25, -0.2) is 22.5 Å². The van der Waals surface area contributed by atoms with Gasteiger partial charge in [-0.15, -0.1) is 46.8 Å². The number of halogens is 2. The third kappa shape index (κ3) is 8.70. The Bertz CT molecular complexity index is 592. The van der Waals surface area contributed by atoms with Gasteiger partial charge in [0.2, 0.25) is 0 Å². The molecule has 0 spiro atoms. The van der Waals surface area contributed by atoms with Crippen LogP contribution < -0.4 is 0 Å². The van der Waals surface area contributed by atoms with Crippen LogP contribution in [0.1, 0.15) is 51.4 Å². The smallest absolute Gasteiger partial charge is 0.117 e. The summed E-state index contributed by atoms with van der Waals surface area (Å²) in [6, 6.07) is 0. The fourth-order valence-electron chi connectivity index (χ4n) is 4.90. The molecule has 0 aromatic heterocycles. The van der Waals surface area contributed by atoms with E-state index in [1.807, 2.05) is 0 Å². The summed E-state index contributed by atoms with van der Waals surface area (Å²) in [5.74, 6) is 0. The quantitative estimate of drug-likeness (QED) is 0.227. The zero-order chi connectivity index (χ0) is 20.0. The average molecular weight is 753 g/mol. The molecule has 7 heteroatoms. The molecule has 4 rings (SSSR count). The van der Waals surface area contributed by atoms with E-state index in [0.29, 0.717) is 0 Å². The van der Waals surface area contributed by atoms with Gasteiger partial charge < -0.3 is 9.13 Å². The summed E-state index contributed by atoms with van der Waals surface area (Å²) in [6.45, 7) is 15.1. The van der Waals surface area contributed by atoms with Crippen molar-refractivity contribution in [1.29, 1.82) is 0 Å². The number of hydrogen-bond donors (Lipinski definition) is 0. The number of piperidine rings is 2. The van der Waals surface area contributed by atoms with Gasteiger partial charge in [0.1, 0.15) is 16.5 Å². The Hall–Kier alpha value is 1.14. The minimum Gasteiger partial charge on any atom is -0.322 e. The predicted octanol–water partition coefficient (Wildman–Crippen LogP) is 6.97. The zero-order valence-corrected chi connectivity index (χ0v) is 29.0. The maximum atomic E-state index is 3.52. The average Bonchev–Trinajstić information content (AvgIpc) is 3.44. The Morgan fingerprint density at radius 3 is 1.19 bits per heavy atom. The van der Waals surface area contributed by atoms with Crippen molar-refractivity contribution in [3.8, 4) is 0 Å². The molecule has 31 heavy (non-hydrogen) atoms. The SMILES string of the molecule is Br.Br.C[Si](C)(C1=[C-]CC=C1)N1CCCCC1.C[Si](C)(C1=[C-]CC=C1)N1CCCCC1.[Hf]. The topological polar surface area (TPSA) is 6.48 Å². The molecule has 2 saturated heterocycles. The first-order valence-electron chi connectivity index (χ1n) is 11.5. The van der Waals surface area contributed by atoms with E-state index in [0.717, 1.165) is 12.8 Å². The van der Waals surface area contributed by atoms with Crippen molar-refractivity contribution in [2.24, 2.45) is 0 Å². The first-order chi connectivity index (χ1) is 13.4. The summed E-state index contributed by atoms with van der Waals surface area (Å²) in [5, 5.41) is 3.05. The third-order valence-corrected chi connectivity index (χ3v) is 14.4. The number of allylic oxidation sites excluding steroid dienone is 8. The molecule has 0 atom stereocenters. The van der Waals surface area contributed by atoms with Crippen molar-refractivity contribution in [2.75, 3.05) is 26.2 Å². The molecule has 0 aromatic carbocycles. The molecule has 176 valence electrons. The van der Waals surface area contributed by atoms with Crippen LogP contribution in [0, 0.1) is 12.2 Å². The van der Waals surface area contributed by atoms with Crippen molar-refractivity contribution < 1.29 is 25.8 Å². The molecule has 4 aliphatic rings. The summed E-state index contributed by atoms with van der Waals surface area (Å²) in [5.41, 5.74) is 0. The fourth-order valence-corrected chi connectivity index (χ4v) is 10.6. The van der Waals surface area contributed by atoms with Crippen molar-refractivity contribution in [1.82, 2.24) is 9.13 Å². The van der Waals surface area contributed by atoms with Gasteiger partial charge in [0.05, 0.1) is 0 Å². The normalized spacial score (nSPS) is 21.7. The maximum absolute atomic E-state index is 3.52. The molecule has 2 aliphatic carbocycles. The Morgan fingerprint density at radius 2 is 0.935 bits per heavy atom. The van der Waals surface area contributed by atoms with Crippen LogP contribution >= 0.6 is 34.0 Å². The zero-order valence-electron chi connectivity index (χ0n) is 20.0. The maximum Gasteiger partial charge on any atom is 0.117 e. The Balaban J connectivity index is 0.000000529. The van der Waals surface area contributed by atoms with Crippen LogP contribution in [0.5, 0.6) is 0 Å². The van der Waals surface area contributed by atoms with Gasteiger partial charge in [-0.2, -0.15) is 12.2 Å². The first-order valence-corrected chi connectivity index (χ1v) is 17.4. The molecule has 2 aliphatic heterocycles. The standard InChI is InChI=1S/2C12H20NSi.2BrH.Hf/c2*1-14(2,12-8-4-5-9-12)13-10-6-3-7-11-13;;;/h2*4,8H,3,5-7,10-11H2,1-2H3;2*1H;/q2*-1;;;. The van der Waals surface area contributed by atoms with E-state index in [1.54, 1.807) is 0 Å². The molecule has 2 nitrogen and oxygen atoms in total. The van der Waals surface area contributed by atoms with Gasteiger partial charge >= 0.3 is 0 Å². The third-order valence-electron chi connectivity index (χ3n) is 7.00. The number of rotatable bonds is 4. The minimum atomic E-state index is -1.32. The van der Waals surface area contributed by atoms with Gasteiger partial charge in [0.15, 0.2) is 0 Å². The van der Waals surface area contributed by atoms with Crippen LogP contribution in [0.2, 0.25) is 26.2 Å². The molecular weight excluding hydrogens is 711 g/mol. The molecule has 0 N–H and O–H groups in total. The van der Waals surface area contributed by atoms with E-state index in [9.17, 15) is 0 Å². The molecule has 0 saturated carbocycles. The Labute approximate surface area is 234 Å². The van der Waals surface area contributed by atoms with Crippen molar-refractivity contribution in [2.45, 2.75) is 77.6 Å². The van der Waals surface area contributed by atoms with Crippen LogP contribution in [0.15, 0.2) is 34.7 Å².